The van der Waals surface area contributed by atoms with E-state index in [0.29, 0.717) is 43.6 Å². The van der Waals surface area contributed by atoms with Crippen LogP contribution in [0.2, 0.25) is 0 Å². The lowest BCUT2D eigenvalue weighted by atomic mass is 10.2. The molecular formula is C18H21FN6O4. The number of cyclic esters (lactones) is 1. The van der Waals surface area contributed by atoms with Gasteiger partial charge in [0.1, 0.15) is 11.9 Å². The molecule has 2 fully saturated rings. The molecule has 2 aromatic rings. The summed E-state index contributed by atoms with van der Waals surface area (Å²) in [6, 6.07) is 5.16. The van der Waals surface area contributed by atoms with E-state index in [9.17, 15) is 14.0 Å². The van der Waals surface area contributed by atoms with Crippen molar-refractivity contribution in [2.75, 3.05) is 54.0 Å². The Bertz CT molecular complexity index is 884. The molecule has 0 bridgehead atoms. The van der Waals surface area contributed by atoms with Crippen molar-refractivity contribution in [3.63, 3.8) is 0 Å². The molecule has 11 heteroatoms. The fourth-order valence-corrected chi connectivity index (χ4v) is 3.46. The number of amides is 2. The Morgan fingerprint density at radius 1 is 1.28 bits per heavy atom. The number of piperazine rings is 1. The van der Waals surface area contributed by atoms with Gasteiger partial charge >= 0.3 is 12.1 Å². The van der Waals surface area contributed by atoms with Crippen LogP contribution in [0.5, 0.6) is 0 Å². The molecule has 2 aliphatic heterocycles. The molecule has 10 nitrogen and oxygen atoms in total. The van der Waals surface area contributed by atoms with Crippen LogP contribution in [-0.2, 0) is 9.53 Å². The highest BCUT2D eigenvalue weighted by Crippen LogP contribution is 2.29. The standard InChI is InChI=1S/C18H21FN6O4/c1-12(26)20-9-14-10-25(18(27)28-14)13-2-3-16(15(19)8-13)23-4-6-24(7-5-23)17-21-11-22-29-17/h2-3,8,11,14H,4-7,9-10H2,1H3,(H,20,26). The summed E-state index contributed by atoms with van der Waals surface area (Å²) in [5.74, 6) is -0.610. The maximum Gasteiger partial charge on any atom is 0.414 e. The number of rotatable bonds is 5. The third-order valence-corrected chi connectivity index (χ3v) is 4.94. The monoisotopic (exact) mass is 404 g/mol. The minimum Gasteiger partial charge on any atom is -0.442 e. The molecule has 1 aromatic heterocycles. The average Bonchev–Trinajstić information content (AvgIpc) is 3.36. The molecule has 154 valence electrons. The summed E-state index contributed by atoms with van der Waals surface area (Å²) < 4.78 is 25.1. The molecule has 1 unspecified atom stereocenters. The maximum absolute atomic E-state index is 14.8. The van der Waals surface area contributed by atoms with Gasteiger partial charge in [-0.15, -0.1) is 0 Å². The molecule has 29 heavy (non-hydrogen) atoms. The number of hydrogen-bond donors (Lipinski definition) is 1. The minimum atomic E-state index is -0.555. The number of halogens is 1. The second kappa shape index (κ2) is 7.94. The summed E-state index contributed by atoms with van der Waals surface area (Å²) in [6.07, 6.45) is 0.331. The topological polar surface area (TPSA) is 104 Å². The van der Waals surface area contributed by atoms with Crippen LogP contribution >= 0.6 is 0 Å². The zero-order valence-corrected chi connectivity index (χ0v) is 15.9. The lowest BCUT2D eigenvalue weighted by Crippen LogP contribution is -2.47. The Morgan fingerprint density at radius 2 is 2.03 bits per heavy atom. The van der Waals surface area contributed by atoms with Crippen LogP contribution in [0.4, 0.5) is 26.6 Å². The smallest absolute Gasteiger partial charge is 0.414 e. The quantitative estimate of drug-likeness (QED) is 0.787. The highest BCUT2D eigenvalue weighted by molar-refractivity contribution is 5.90. The van der Waals surface area contributed by atoms with Crippen molar-refractivity contribution < 1.29 is 23.2 Å². The van der Waals surface area contributed by atoms with E-state index < -0.39 is 18.0 Å². The summed E-state index contributed by atoms with van der Waals surface area (Å²) in [5.41, 5.74) is 0.896. The largest absolute Gasteiger partial charge is 0.442 e. The van der Waals surface area contributed by atoms with Crippen LogP contribution in [0.15, 0.2) is 29.0 Å². The summed E-state index contributed by atoms with van der Waals surface area (Å²) in [4.78, 5) is 32.4. The molecule has 0 saturated carbocycles. The lowest BCUT2D eigenvalue weighted by molar-refractivity contribution is -0.119. The van der Waals surface area contributed by atoms with E-state index in [1.807, 2.05) is 9.80 Å². The predicted octanol–water partition coefficient (Wildman–Crippen LogP) is 0.997. The normalized spacial score (nSPS) is 19.4. The molecule has 1 N–H and O–H groups in total. The summed E-state index contributed by atoms with van der Waals surface area (Å²) >= 11 is 0. The summed E-state index contributed by atoms with van der Waals surface area (Å²) in [5, 5.41) is 6.22. The van der Waals surface area contributed by atoms with Crippen molar-refractivity contribution in [3.05, 3.63) is 30.3 Å². The van der Waals surface area contributed by atoms with Gasteiger partial charge in [-0.1, -0.05) is 5.16 Å². The Balaban J connectivity index is 1.39. The van der Waals surface area contributed by atoms with E-state index in [0.717, 1.165) is 0 Å². The van der Waals surface area contributed by atoms with Crippen LogP contribution in [0.3, 0.4) is 0 Å². The van der Waals surface area contributed by atoms with Crippen LogP contribution < -0.4 is 20.0 Å². The SMILES string of the molecule is CC(=O)NCC1CN(c2ccc(N3CCN(c4ncno4)CC3)c(F)c2)C(=O)O1. The number of nitrogens with one attached hydrogen (secondary N) is 1. The summed E-state index contributed by atoms with van der Waals surface area (Å²) in [6.45, 7) is 4.33. The number of benzene rings is 1. The van der Waals surface area contributed by atoms with Gasteiger partial charge in [0.05, 0.1) is 24.5 Å². The fraction of sp³-hybridized carbons (Fsp3) is 0.444. The molecule has 2 amide bonds. The second-order valence-corrected chi connectivity index (χ2v) is 6.89. The molecule has 2 aliphatic rings. The number of anilines is 3. The van der Waals surface area contributed by atoms with Gasteiger partial charge in [-0.05, 0) is 18.2 Å². The first kappa shape index (κ1) is 19.0. The molecule has 3 heterocycles. The Hall–Kier alpha value is -3.37. The van der Waals surface area contributed by atoms with Gasteiger partial charge in [-0.25, -0.2) is 9.18 Å². The zero-order valence-electron chi connectivity index (χ0n) is 15.9. The van der Waals surface area contributed by atoms with Gasteiger partial charge < -0.3 is 24.4 Å². The third kappa shape index (κ3) is 4.08. The van der Waals surface area contributed by atoms with Gasteiger partial charge in [-0.3, -0.25) is 9.69 Å². The molecule has 2 saturated heterocycles. The van der Waals surface area contributed by atoms with E-state index in [2.05, 4.69) is 15.5 Å². The molecule has 0 spiro atoms. The minimum absolute atomic E-state index is 0.200. The van der Waals surface area contributed by atoms with Crippen LogP contribution in [0.1, 0.15) is 6.92 Å². The first-order valence-corrected chi connectivity index (χ1v) is 9.30. The zero-order chi connectivity index (χ0) is 20.4. The van der Waals surface area contributed by atoms with Gasteiger partial charge in [-0.2, -0.15) is 4.98 Å². The highest BCUT2D eigenvalue weighted by atomic mass is 19.1. The van der Waals surface area contributed by atoms with E-state index in [-0.39, 0.29) is 19.0 Å². The van der Waals surface area contributed by atoms with Gasteiger partial charge in [0, 0.05) is 33.1 Å². The number of aromatic nitrogens is 2. The average molecular weight is 404 g/mol. The molecule has 4 rings (SSSR count). The number of carbonyl (C=O) groups is 2. The fourth-order valence-electron chi connectivity index (χ4n) is 3.46. The third-order valence-electron chi connectivity index (χ3n) is 4.94. The predicted molar refractivity (Wildman–Crippen MR) is 101 cm³/mol. The maximum atomic E-state index is 14.8. The Labute approximate surface area is 166 Å². The molecule has 1 atom stereocenters. The summed E-state index contributed by atoms with van der Waals surface area (Å²) in [7, 11) is 0. The van der Waals surface area contributed by atoms with Gasteiger partial charge in [0.2, 0.25) is 5.91 Å². The Kier molecular flexibility index (Phi) is 5.19. The van der Waals surface area contributed by atoms with E-state index in [1.54, 1.807) is 12.1 Å². The molecule has 0 aliphatic carbocycles. The molecule has 1 aromatic carbocycles. The van der Waals surface area contributed by atoms with Crippen LogP contribution in [0, 0.1) is 5.82 Å². The molecule has 0 radical (unpaired) electrons. The van der Waals surface area contributed by atoms with Crippen LogP contribution in [-0.4, -0.2) is 67.5 Å². The van der Waals surface area contributed by atoms with E-state index in [4.69, 9.17) is 9.26 Å². The van der Waals surface area contributed by atoms with Gasteiger partial charge in [0.15, 0.2) is 6.33 Å². The number of ether oxygens (including phenoxy) is 1. The van der Waals surface area contributed by atoms with Gasteiger partial charge in [0.25, 0.3) is 0 Å². The number of carbonyl (C=O) groups excluding carboxylic acids is 2. The molecular weight excluding hydrogens is 383 g/mol. The van der Waals surface area contributed by atoms with E-state index >= 15 is 0 Å². The Morgan fingerprint density at radius 3 is 2.69 bits per heavy atom. The first-order valence-electron chi connectivity index (χ1n) is 9.30. The van der Waals surface area contributed by atoms with Crippen molar-refractivity contribution in [3.8, 4) is 0 Å². The van der Waals surface area contributed by atoms with E-state index in [1.165, 1.54) is 24.2 Å². The number of nitrogens with zero attached hydrogens (tertiary/aromatic N) is 5. The first-order chi connectivity index (χ1) is 14.0. The van der Waals surface area contributed by atoms with Crippen molar-refractivity contribution in [2.45, 2.75) is 13.0 Å². The van der Waals surface area contributed by atoms with Crippen molar-refractivity contribution in [1.29, 1.82) is 0 Å². The second-order valence-electron chi connectivity index (χ2n) is 6.89. The van der Waals surface area contributed by atoms with Crippen molar-refractivity contribution in [1.82, 2.24) is 15.5 Å². The number of hydrogen-bond acceptors (Lipinski definition) is 8. The highest BCUT2D eigenvalue weighted by Gasteiger charge is 2.33. The van der Waals surface area contributed by atoms with Crippen molar-refractivity contribution in [2.24, 2.45) is 0 Å². The van der Waals surface area contributed by atoms with Crippen molar-refractivity contribution >= 4 is 29.4 Å². The lowest BCUT2D eigenvalue weighted by Gasteiger charge is -2.35. The van der Waals surface area contributed by atoms with Crippen LogP contribution in [0.25, 0.3) is 0 Å².